The molecule has 0 spiro atoms. The van der Waals surface area contributed by atoms with Crippen LogP contribution in [0.2, 0.25) is 0 Å². The summed E-state index contributed by atoms with van der Waals surface area (Å²) in [5.74, 6) is -1.53. The van der Waals surface area contributed by atoms with Crippen molar-refractivity contribution in [1.29, 1.82) is 0 Å². The lowest BCUT2D eigenvalue weighted by atomic mass is 10.1. The van der Waals surface area contributed by atoms with E-state index in [9.17, 15) is 5.11 Å². The van der Waals surface area contributed by atoms with E-state index in [1.165, 1.54) is 7.11 Å². The maximum atomic E-state index is 10.6. The average Bonchev–Trinajstić information content (AvgIpc) is 3.10. The summed E-state index contributed by atoms with van der Waals surface area (Å²) in [6.45, 7) is 0.784. The van der Waals surface area contributed by atoms with Crippen molar-refractivity contribution >= 4 is 0 Å². The highest BCUT2D eigenvalue weighted by atomic mass is 16.9. The third-order valence-electron chi connectivity index (χ3n) is 7.21. The van der Waals surface area contributed by atoms with Crippen LogP contribution >= 0.6 is 0 Å². The highest BCUT2D eigenvalue weighted by Gasteiger charge is 2.38. The molecule has 8 nitrogen and oxygen atoms in total. The van der Waals surface area contributed by atoms with Gasteiger partial charge in [-0.25, -0.2) is 0 Å². The van der Waals surface area contributed by atoms with Crippen LogP contribution in [0.15, 0.2) is 121 Å². The van der Waals surface area contributed by atoms with Crippen LogP contribution in [-0.4, -0.2) is 63.4 Å². The standard InChI is InChI=1S/C37H44O8/c1-39-29-37(40-2,44-27-33-21-13-6-14-22-33)45-28-35(42-25-31-17-9-4-10-18-31)36(43-26-32-19-11-5-12-20-32)34(23-38)41-24-30-15-7-3-8-16-30/h3-22,34-36,38H,23-29H2,1-2H3. The number of aliphatic hydroxyl groups excluding tert-OH is 1. The molecule has 0 aliphatic rings. The molecule has 0 bridgehead atoms. The van der Waals surface area contributed by atoms with Crippen LogP contribution in [0.3, 0.4) is 0 Å². The number of hydrogen-bond acceptors (Lipinski definition) is 8. The van der Waals surface area contributed by atoms with Crippen LogP contribution in [-0.2, 0) is 59.6 Å². The number of ether oxygens (including phenoxy) is 7. The second-order valence-electron chi connectivity index (χ2n) is 10.5. The topological polar surface area (TPSA) is 84.8 Å². The molecule has 240 valence electrons. The Kier molecular flexibility index (Phi) is 14.7. The predicted molar refractivity (Wildman–Crippen MR) is 171 cm³/mol. The Morgan fingerprint density at radius 3 is 1.38 bits per heavy atom. The van der Waals surface area contributed by atoms with E-state index in [-0.39, 0.29) is 46.2 Å². The monoisotopic (exact) mass is 616 g/mol. The van der Waals surface area contributed by atoms with E-state index in [0.717, 1.165) is 22.3 Å². The van der Waals surface area contributed by atoms with Crippen molar-refractivity contribution in [3.63, 3.8) is 0 Å². The molecule has 0 aliphatic carbocycles. The fourth-order valence-corrected chi connectivity index (χ4v) is 4.72. The predicted octanol–water partition coefficient (Wildman–Crippen LogP) is 5.91. The Hall–Kier alpha value is -3.44. The summed E-state index contributed by atoms with van der Waals surface area (Å²) in [7, 11) is 3.06. The minimum Gasteiger partial charge on any atom is -0.394 e. The summed E-state index contributed by atoms with van der Waals surface area (Å²) in [4.78, 5) is 0. The van der Waals surface area contributed by atoms with Gasteiger partial charge < -0.3 is 38.3 Å². The number of hydrogen-bond donors (Lipinski definition) is 1. The van der Waals surface area contributed by atoms with Gasteiger partial charge in [0.25, 0.3) is 0 Å². The Morgan fingerprint density at radius 1 is 0.533 bits per heavy atom. The van der Waals surface area contributed by atoms with Gasteiger partial charge in [-0.3, -0.25) is 0 Å². The molecule has 0 amide bonds. The van der Waals surface area contributed by atoms with Gasteiger partial charge in [-0.2, -0.15) is 0 Å². The number of aliphatic hydroxyl groups is 1. The zero-order chi connectivity index (χ0) is 31.6. The van der Waals surface area contributed by atoms with E-state index < -0.39 is 24.3 Å². The van der Waals surface area contributed by atoms with Gasteiger partial charge in [-0.05, 0) is 22.3 Å². The van der Waals surface area contributed by atoms with Crippen molar-refractivity contribution in [2.24, 2.45) is 0 Å². The molecule has 4 unspecified atom stereocenters. The molecule has 0 aromatic heterocycles. The molecule has 4 aromatic carbocycles. The van der Waals surface area contributed by atoms with Crippen LogP contribution < -0.4 is 0 Å². The van der Waals surface area contributed by atoms with Crippen molar-refractivity contribution < 1.29 is 38.3 Å². The smallest absolute Gasteiger partial charge is 0.307 e. The quantitative estimate of drug-likeness (QED) is 0.116. The van der Waals surface area contributed by atoms with Gasteiger partial charge in [0, 0.05) is 14.2 Å². The summed E-state index contributed by atoms with van der Waals surface area (Å²) in [6.07, 6.45) is -2.16. The molecule has 0 saturated heterocycles. The molecule has 0 aliphatic heterocycles. The van der Waals surface area contributed by atoms with E-state index >= 15 is 0 Å². The van der Waals surface area contributed by atoms with Crippen molar-refractivity contribution in [2.75, 3.05) is 34.0 Å². The van der Waals surface area contributed by atoms with Gasteiger partial charge >= 0.3 is 5.97 Å². The molecule has 45 heavy (non-hydrogen) atoms. The van der Waals surface area contributed by atoms with Crippen molar-refractivity contribution in [3.05, 3.63) is 144 Å². The Labute approximate surface area is 266 Å². The summed E-state index contributed by atoms with van der Waals surface area (Å²) < 4.78 is 43.1. The molecule has 4 aromatic rings. The maximum Gasteiger partial charge on any atom is 0.307 e. The van der Waals surface area contributed by atoms with E-state index in [2.05, 4.69) is 0 Å². The highest BCUT2D eigenvalue weighted by molar-refractivity contribution is 5.16. The SMILES string of the molecule is COCC(OC)(OCc1ccccc1)OCC(OCc1ccccc1)C(OCc1ccccc1)C(CO)OCc1ccccc1. The molecule has 4 rings (SSSR count). The molecular formula is C37H44O8. The van der Waals surface area contributed by atoms with Gasteiger partial charge in [0.1, 0.15) is 24.9 Å². The van der Waals surface area contributed by atoms with Crippen LogP contribution in [0.5, 0.6) is 0 Å². The largest absolute Gasteiger partial charge is 0.394 e. The van der Waals surface area contributed by atoms with Crippen LogP contribution in [0.4, 0.5) is 0 Å². The lowest BCUT2D eigenvalue weighted by molar-refractivity contribution is -0.395. The Bertz CT molecular complexity index is 1310. The van der Waals surface area contributed by atoms with Crippen LogP contribution in [0.1, 0.15) is 22.3 Å². The van der Waals surface area contributed by atoms with E-state index in [1.807, 2.05) is 121 Å². The van der Waals surface area contributed by atoms with E-state index in [0.29, 0.717) is 0 Å². The molecule has 0 radical (unpaired) electrons. The van der Waals surface area contributed by atoms with Gasteiger partial charge in [0.2, 0.25) is 0 Å². The van der Waals surface area contributed by atoms with Gasteiger partial charge in [0.05, 0.1) is 39.6 Å². The fourth-order valence-electron chi connectivity index (χ4n) is 4.72. The van der Waals surface area contributed by atoms with Crippen molar-refractivity contribution in [2.45, 2.75) is 50.7 Å². The molecule has 0 heterocycles. The van der Waals surface area contributed by atoms with E-state index in [4.69, 9.17) is 33.2 Å². The number of rotatable bonds is 21. The molecule has 0 saturated carbocycles. The molecule has 4 atom stereocenters. The average molecular weight is 617 g/mol. The van der Waals surface area contributed by atoms with Gasteiger partial charge in [0.15, 0.2) is 0 Å². The summed E-state index contributed by atoms with van der Waals surface area (Å²) in [6, 6.07) is 39.2. The van der Waals surface area contributed by atoms with Gasteiger partial charge in [-0.1, -0.05) is 121 Å². The zero-order valence-electron chi connectivity index (χ0n) is 26.0. The van der Waals surface area contributed by atoms with Crippen molar-refractivity contribution in [3.8, 4) is 0 Å². The molecule has 0 fully saturated rings. The fraction of sp³-hybridized carbons (Fsp3) is 0.351. The lowest BCUT2D eigenvalue weighted by Gasteiger charge is -2.36. The minimum absolute atomic E-state index is 0.00517. The first-order chi connectivity index (χ1) is 22.1. The number of methoxy groups -OCH3 is 2. The minimum atomic E-state index is -1.53. The highest BCUT2D eigenvalue weighted by Crippen LogP contribution is 2.23. The van der Waals surface area contributed by atoms with Crippen LogP contribution in [0, 0.1) is 0 Å². The van der Waals surface area contributed by atoms with E-state index in [1.54, 1.807) is 7.11 Å². The second kappa shape index (κ2) is 19.2. The molecule has 8 heteroatoms. The summed E-state index contributed by atoms with van der Waals surface area (Å²) in [5.41, 5.74) is 3.88. The Morgan fingerprint density at radius 2 is 0.956 bits per heavy atom. The normalized spacial score (nSPS) is 14.8. The zero-order valence-corrected chi connectivity index (χ0v) is 26.0. The molecule has 1 N–H and O–H groups in total. The first kappa shape index (κ1) is 34.4. The number of benzene rings is 4. The lowest BCUT2D eigenvalue weighted by Crippen LogP contribution is -2.50. The first-order valence-electron chi connectivity index (χ1n) is 15.1. The molecular weight excluding hydrogens is 572 g/mol. The third-order valence-corrected chi connectivity index (χ3v) is 7.21. The van der Waals surface area contributed by atoms with Crippen LogP contribution in [0.25, 0.3) is 0 Å². The second-order valence-corrected chi connectivity index (χ2v) is 10.5. The Balaban J connectivity index is 1.58. The van der Waals surface area contributed by atoms with Crippen molar-refractivity contribution in [1.82, 2.24) is 0 Å². The maximum absolute atomic E-state index is 10.6. The van der Waals surface area contributed by atoms with Gasteiger partial charge in [-0.15, -0.1) is 0 Å². The summed E-state index contributed by atoms with van der Waals surface area (Å²) >= 11 is 0. The first-order valence-corrected chi connectivity index (χ1v) is 15.1. The summed E-state index contributed by atoms with van der Waals surface area (Å²) in [5, 5.41) is 10.6. The third kappa shape index (κ3) is 11.5.